The van der Waals surface area contributed by atoms with Gasteiger partial charge in [0.1, 0.15) is 0 Å². The van der Waals surface area contributed by atoms with Crippen molar-refractivity contribution in [1.82, 2.24) is 15.3 Å². The van der Waals surface area contributed by atoms with Gasteiger partial charge in [0.15, 0.2) is 5.82 Å². The van der Waals surface area contributed by atoms with Gasteiger partial charge in [0, 0.05) is 23.3 Å². The summed E-state index contributed by atoms with van der Waals surface area (Å²) in [5.74, 6) is 0.734. The topological polar surface area (TPSA) is 37.8 Å². The van der Waals surface area contributed by atoms with Gasteiger partial charge in [0.2, 0.25) is 0 Å². The van der Waals surface area contributed by atoms with Gasteiger partial charge >= 0.3 is 0 Å². The smallest absolute Gasteiger partial charge is 0.159 e. The summed E-state index contributed by atoms with van der Waals surface area (Å²) in [7, 11) is 1.91. The van der Waals surface area contributed by atoms with Crippen molar-refractivity contribution >= 4 is 11.6 Å². The van der Waals surface area contributed by atoms with Gasteiger partial charge in [0.25, 0.3) is 0 Å². The Morgan fingerprint density at radius 1 is 1.24 bits per heavy atom. The Hall–Kier alpha value is -1.45. The van der Waals surface area contributed by atoms with Crippen LogP contribution in [0.25, 0.3) is 11.4 Å². The van der Waals surface area contributed by atoms with Crippen molar-refractivity contribution in [3.63, 3.8) is 0 Å². The summed E-state index contributed by atoms with van der Waals surface area (Å²) in [4.78, 5) is 8.88. The second kappa shape index (κ2) is 5.25. The van der Waals surface area contributed by atoms with E-state index in [1.807, 2.05) is 44.4 Å². The number of benzene rings is 1. The minimum atomic E-state index is 0.719. The molecule has 3 nitrogen and oxygen atoms in total. The molecule has 1 aromatic carbocycles. The molecule has 2 aromatic rings. The van der Waals surface area contributed by atoms with Crippen LogP contribution in [0.2, 0.25) is 5.02 Å². The van der Waals surface area contributed by atoms with Crippen LogP contribution in [0.15, 0.2) is 30.5 Å². The lowest BCUT2D eigenvalue weighted by Gasteiger charge is -2.06. The van der Waals surface area contributed by atoms with Crippen molar-refractivity contribution < 1.29 is 0 Å². The van der Waals surface area contributed by atoms with Gasteiger partial charge in [-0.2, -0.15) is 0 Å². The maximum atomic E-state index is 5.85. The molecule has 0 spiro atoms. The van der Waals surface area contributed by atoms with Crippen molar-refractivity contribution in [2.45, 2.75) is 13.5 Å². The molecule has 0 saturated heterocycles. The summed E-state index contributed by atoms with van der Waals surface area (Å²) >= 11 is 5.85. The van der Waals surface area contributed by atoms with E-state index in [0.29, 0.717) is 0 Å². The number of hydrogen-bond acceptors (Lipinski definition) is 3. The van der Waals surface area contributed by atoms with Crippen LogP contribution in [0.3, 0.4) is 0 Å². The van der Waals surface area contributed by atoms with Crippen LogP contribution >= 0.6 is 11.6 Å². The SMILES string of the molecule is CNCc1nc(-c2ccc(Cl)cc2)ncc1C. The van der Waals surface area contributed by atoms with Crippen LogP contribution in [0.1, 0.15) is 11.3 Å². The zero-order valence-electron chi connectivity index (χ0n) is 9.87. The lowest BCUT2D eigenvalue weighted by atomic mass is 10.2. The van der Waals surface area contributed by atoms with E-state index < -0.39 is 0 Å². The largest absolute Gasteiger partial charge is 0.314 e. The predicted molar refractivity (Wildman–Crippen MR) is 70.0 cm³/mol. The first-order valence-electron chi connectivity index (χ1n) is 5.44. The summed E-state index contributed by atoms with van der Waals surface area (Å²) in [5.41, 5.74) is 3.09. The van der Waals surface area contributed by atoms with Crippen molar-refractivity contribution in [2.24, 2.45) is 0 Å². The van der Waals surface area contributed by atoms with E-state index in [2.05, 4.69) is 15.3 Å². The number of rotatable bonds is 3. The molecule has 0 aliphatic heterocycles. The number of hydrogen-bond donors (Lipinski definition) is 1. The normalized spacial score (nSPS) is 10.5. The fourth-order valence-electron chi connectivity index (χ4n) is 1.56. The highest BCUT2D eigenvalue weighted by atomic mass is 35.5. The van der Waals surface area contributed by atoms with Gasteiger partial charge in [-0.05, 0) is 43.8 Å². The Labute approximate surface area is 106 Å². The molecule has 4 heteroatoms. The molecule has 0 amide bonds. The van der Waals surface area contributed by atoms with Gasteiger partial charge in [0.05, 0.1) is 5.69 Å². The standard InChI is InChI=1S/C13H14ClN3/c1-9-7-16-13(17-12(9)8-15-2)10-3-5-11(14)6-4-10/h3-7,15H,8H2,1-2H3. The average Bonchev–Trinajstić information content (AvgIpc) is 2.33. The number of halogens is 1. The summed E-state index contributed by atoms with van der Waals surface area (Å²) in [6.07, 6.45) is 1.85. The molecule has 0 unspecified atom stereocenters. The molecular weight excluding hydrogens is 234 g/mol. The minimum Gasteiger partial charge on any atom is -0.314 e. The Kier molecular flexibility index (Phi) is 3.71. The summed E-state index contributed by atoms with van der Waals surface area (Å²) in [5, 5.41) is 3.82. The molecule has 2 rings (SSSR count). The van der Waals surface area contributed by atoms with Crippen molar-refractivity contribution in [2.75, 3.05) is 7.05 Å². The Bertz CT molecular complexity index is 509. The number of aryl methyl sites for hydroxylation is 1. The van der Waals surface area contributed by atoms with E-state index in [-0.39, 0.29) is 0 Å². The zero-order chi connectivity index (χ0) is 12.3. The van der Waals surface area contributed by atoms with E-state index in [4.69, 9.17) is 11.6 Å². The highest BCUT2D eigenvalue weighted by molar-refractivity contribution is 6.30. The van der Waals surface area contributed by atoms with Crippen molar-refractivity contribution in [3.8, 4) is 11.4 Å². The fraction of sp³-hybridized carbons (Fsp3) is 0.231. The first kappa shape index (κ1) is 12.0. The molecule has 17 heavy (non-hydrogen) atoms. The molecule has 1 heterocycles. The van der Waals surface area contributed by atoms with Crippen molar-refractivity contribution in [1.29, 1.82) is 0 Å². The van der Waals surface area contributed by atoms with E-state index >= 15 is 0 Å². The van der Waals surface area contributed by atoms with Crippen LogP contribution in [-0.4, -0.2) is 17.0 Å². The molecule has 0 bridgehead atoms. The monoisotopic (exact) mass is 247 g/mol. The lowest BCUT2D eigenvalue weighted by molar-refractivity contribution is 0.779. The molecule has 0 saturated carbocycles. The molecule has 88 valence electrons. The molecule has 0 aliphatic rings. The summed E-state index contributed by atoms with van der Waals surface area (Å²) in [6, 6.07) is 7.54. The first-order chi connectivity index (χ1) is 8.20. The molecule has 0 radical (unpaired) electrons. The maximum Gasteiger partial charge on any atom is 0.159 e. The van der Waals surface area contributed by atoms with E-state index in [1.165, 1.54) is 0 Å². The molecule has 0 aliphatic carbocycles. The third-order valence-electron chi connectivity index (χ3n) is 2.52. The van der Waals surface area contributed by atoms with Gasteiger partial charge < -0.3 is 5.32 Å². The maximum absolute atomic E-state index is 5.85. The van der Waals surface area contributed by atoms with Gasteiger partial charge in [-0.15, -0.1) is 0 Å². The van der Waals surface area contributed by atoms with E-state index in [0.717, 1.165) is 34.2 Å². The first-order valence-corrected chi connectivity index (χ1v) is 5.81. The number of aromatic nitrogens is 2. The molecular formula is C13H14ClN3. The van der Waals surface area contributed by atoms with Crippen LogP contribution in [0.5, 0.6) is 0 Å². The van der Waals surface area contributed by atoms with Gasteiger partial charge in [-0.3, -0.25) is 0 Å². The van der Waals surface area contributed by atoms with Gasteiger partial charge in [-0.25, -0.2) is 9.97 Å². The molecule has 1 N–H and O–H groups in total. The second-order valence-electron chi connectivity index (χ2n) is 3.86. The van der Waals surface area contributed by atoms with E-state index in [1.54, 1.807) is 0 Å². The Morgan fingerprint density at radius 3 is 2.59 bits per heavy atom. The lowest BCUT2D eigenvalue weighted by Crippen LogP contribution is -2.09. The predicted octanol–water partition coefficient (Wildman–Crippen LogP) is 2.82. The third-order valence-corrected chi connectivity index (χ3v) is 2.78. The highest BCUT2D eigenvalue weighted by Crippen LogP contribution is 2.18. The number of nitrogens with zero attached hydrogens (tertiary/aromatic N) is 2. The fourth-order valence-corrected chi connectivity index (χ4v) is 1.69. The molecule has 1 aromatic heterocycles. The Balaban J connectivity index is 2.39. The molecule has 0 fully saturated rings. The quantitative estimate of drug-likeness (QED) is 0.906. The Morgan fingerprint density at radius 2 is 1.94 bits per heavy atom. The molecule has 0 atom stereocenters. The van der Waals surface area contributed by atoms with Gasteiger partial charge in [-0.1, -0.05) is 11.6 Å². The number of nitrogens with one attached hydrogen (secondary N) is 1. The van der Waals surface area contributed by atoms with Crippen LogP contribution in [0.4, 0.5) is 0 Å². The third kappa shape index (κ3) is 2.81. The van der Waals surface area contributed by atoms with Crippen LogP contribution in [0, 0.1) is 6.92 Å². The zero-order valence-corrected chi connectivity index (χ0v) is 10.6. The van der Waals surface area contributed by atoms with Crippen LogP contribution in [-0.2, 0) is 6.54 Å². The second-order valence-corrected chi connectivity index (χ2v) is 4.30. The highest BCUT2D eigenvalue weighted by Gasteiger charge is 2.05. The summed E-state index contributed by atoms with van der Waals surface area (Å²) < 4.78 is 0. The average molecular weight is 248 g/mol. The van der Waals surface area contributed by atoms with Crippen molar-refractivity contribution in [3.05, 3.63) is 46.7 Å². The minimum absolute atomic E-state index is 0.719. The van der Waals surface area contributed by atoms with Crippen LogP contribution < -0.4 is 5.32 Å². The summed E-state index contributed by atoms with van der Waals surface area (Å²) in [6.45, 7) is 2.76. The van der Waals surface area contributed by atoms with E-state index in [9.17, 15) is 0 Å².